The maximum atomic E-state index is 6.22. The summed E-state index contributed by atoms with van der Waals surface area (Å²) in [6.07, 6.45) is 0. The van der Waals surface area contributed by atoms with Crippen LogP contribution in [0, 0.1) is 0 Å². The summed E-state index contributed by atoms with van der Waals surface area (Å²) in [5, 5.41) is 6.92. The van der Waals surface area contributed by atoms with Crippen LogP contribution in [0.15, 0.2) is 185 Å². The van der Waals surface area contributed by atoms with E-state index in [2.05, 4.69) is 156 Å². The molecule has 0 bridgehead atoms. The first-order chi connectivity index (χ1) is 25.3. The standard InChI is InChI=1S/C48H29NO2/c1-2-10-30(11-3-1)31-20-24-34(25-21-31)49-47-35(32-22-26-45-41(28-32)37-12-4-6-18-43(37)50-45)14-8-16-39(47)40-17-9-15-36(48(40)49)33-23-27-46-42(29-33)38-13-5-7-19-44(38)51-46/h1-29H. The Hall–Kier alpha value is -6.84. The van der Waals surface area contributed by atoms with Crippen molar-refractivity contribution in [2.45, 2.75) is 0 Å². The second-order valence-electron chi connectivity index (χ2n) is 13.3. The molecule has 51 heavy (non-hydrogen) atoms. The average Bonchev–Trinajstić information content (AvgIpc) is 3.87. The molecule has 11 aromatic rings. The molecule has 0 aliphatic carbocycles. The number of rotatable bonds is 4. The van der Waals surface area contributed by atoms with Crippen molar-refractivity contribution >= 4 is 65.7 Å². The van der Waals surface area contributed by atoms with Gasteiger partial charge in [-0.05, 0) is 70.8 Å². The largest absolute Gasteiger partial charge is 0.456 e. The molecule has 0 aliphatic rings. The lowest BCUT2D eigenvalue weighted by Crippen LogP contribution is -1.97. The summed E-state index contributed by atoms with van der Waals surface area (Å²) >= 11 is 0. The molecule has 8 aromatic carbocycles. The minimum atomic E-state index is 0.897. The van der Waals surface area contributed by atoms with Crippen molar-refractivity contribution in [3.8, 4) is 39.1 Å². The van der Waals surface area contributed by atoms with Crippen LogP contribution in [-0.4, -0.2) is 4.57 Å². The first-order valence-corrected chi connectivity index (χ1v) is 17.3. The van der Waals surface area contributed by atoms with Gasteiger partial charge in [0.05, 0.1) is 11.0 Å². The van der Waals surface area contributed by atoms with Crippen molar-refractivity contribution in [2.75, 3.05) is 0 Å². The quantitative estimate of drug-likeness (QED) is 0.190. The molecule has 0 unspecified atom stereocenters. The monoisotopic (exact) mass is 651 g/mol. The van der Waals surface area contributed by atoms with Crippen molar-refractivity contribution in [1.29, 1.82) is 0 Å². The first kappa shape index (κ1) is 28.0. The molecule has 0 atom stereocenters. The summed E-state index contributed by atoms with van der Waals surface area (Å²) in [6.45, 7) is 0. The van der Waals surface area contributed by atoms with Crippen molar-refractivity contribution in [3.63, 3.8) is 0 Å². The summed E-state index contributed by atoms with van der Waals surface area (Å²) < 4.78 is 14.9. The van der Waals surface area contributed by atoms with E-state index in [1.165, 1.54) is 44.1 Å². The molecule has 0 saturated heterocycles. The summed E-state index contributed by atoms with van der Waals surface area (Å²) in [7, 11) is 0. The van der Waals surface area contributed by atoms with E-state index in [0.29, 0.717) is 0 Å². The lowest BCUT2D eigenvalue weighted by atomic mass is 9.98. The Kier molecular flexibility index (Phi) is 5.96. The Bertz CT molecular complexity index is 2950. The van der Waals surface area contributed by atoms with Gasteiger partial charge in [-0.3, -0.25) is 0 Å². The second-order valence-corrected chi connectivity index (χ2v) is 13.3. The topological polar surface area (TPSA) is 31.2 Å². The van der Waals surface area contributed by atoms with E-state index >= 15 is 0 Å². The number of para-hydroxylation sites is 4. The third kappa shape index (κ3) is 4.25. The van der Waals surface area contributed by atoms with Gasteiger partial charge in [-0.15, -0.1) is 0 Å². The van der Waals surface area contributed by atoms with Gasteiger partial charge in [-0.25, -0.2) is 0 Å². The molecular weight excluding hydrogens is 623 g/mol. The number of nitrogens with zero attached hydrogens (tertiary/aromatic N) is 1. The van der Waals surface area contributed by atoms with Crippen LogP contribution in [0.3, 0.4) is 0 Å². The molecule has 0 fully saturated rings. The summed E-state index contributed by atoms with van der Waals surface area (Å²) in [5.74, 6) is 0. The highest BCUT2D eigenvalue weighted by molar-refractivity contribution is 6.18. The Morgan fingerprint density at radius 1 is 0.294 bits per heavy atom. The number of benzene rings is 8. The summed E-state index contributed by atoms with van der Waals surface area (Å²) in [6, 6.07) is 62.7. The third-order valence-corrected chi connectivity index (χ3v) is 10.4. The van der Waals surface area contributed by atoms with Crippen LogP contribution in [0.4, 0.5) is 0 Å². The van der Waals surface area contributed by atoms with Crippen LogP contribution in [0.1, 0.15) is 0 Å². The van der Waals surface area contributed by atoms with Gasteiger partial charge in [-0.2, -0.15) is 0 Å². The fraction of sp³-hybridized carbons (Fsp3) is 0. The lowest BCUT2D eigenvalue weighted by molar-refractivity contribution is 0.668. The Morgan fingerprint density at radius 3 is 1.27 bits per heavy atom. The predicted octanol–water partition coefficient (Wildman–Crippen LogP) is 13.6. The molecule has 0 radical (unpaired) electrons. The highest BCUT2D eigenvalue weighted by Crippen LogP contribution is 2.44. The number of aromatic nitrogens is 1. The Labute approximate surface area is 293 Å². The van der Waals surface area contributed by atoms with Crippen LogP contribution in [0.25, 0.3) is 105 Å². The van der Waals surface area contributed by atoms with E-state index < -0.39 is 0 Å². The van der Waals surface area contributed by atoms with Gasteiger partial charge in [0.2, 0.25) is 0 Å². The highest BCUT2D eigenvalue weighted by Gasteiger charge is 2.21. The molecule has 0 N–H and O–H groups in total. The molecule has 0 spiro atoms. The van der Waals surface area contributed by atoms with E-state index in [1.54, 1.807) is 0 Å². The van der Waals surface area contributed by atoms with Gasteiger partial charge >= 0.3 is 0 Å². The van der Waals surface area contributed by atoms with Crippen LogP contribution >= 0.6 is 0 Å². The fourth-order valence-electron chi connectivity index (χ4n) is 8.06. The van der Waals surface area contributed by atoms with Crippen molar-refractivity contribution in [3.05, 3.63) is 176 Å². The zero-order valence-electron chi connectivity index (χ0n) is 27.5. The molecule has 3 nitrogen and oxygen atoms in total. The molecular formula is C48H29NO2. The molecule has 11 rings (SSSR count). The fourth-order valence-corrected chi connectivity index (χ4v) is 8.06. The van der Waals surface area contributed by atoms with Crippen LogP contribution in [0.2, 0.25) is 0 Å². The van der Waals surface area contributed by atoms with Crippen LogP contribution in [0.5, 0.6) is 0 Å². The molecule has 0 amide bonds. The van der Waals surface area contributed by atoms with Gasteiger partial charge in [-0.1, -0.05) is 127 Å². The molecule has 0 saturated carbocycles. The van der Waals surface area contributed by atoms with E-state index in [-0.39, 0.29) is 0 Å². The molecule has 3 heterocycles. The number of furan rings is 2. The maximum absolute atomic E-state index is 6.22. The molecule has 3 aromatic heterocycles. The first-order valence-electron chi connectivity index (χ1n) is 17.3. The average molecular weight is 652 g/mol. The van der Waals surface area contributed by atoms with Crippen molar-refractivity contribution in [2.24, 2.45) is 0 Å². The van der Waals surface area contributed by atoms with Crippen molar-refractivity contribution in [1.82, 2.24) is 4.57 Å². The highest BCUT2D eigenvalue weighted by atomic mass is 16.3. The third-order valence-electron chi connectivity index (χ3n) is 10.4. The second kappa shape index (κ2) is 10.8. The normalized spacial score (nSPS) is 11.9. The SMILES string of the molecule is c1ccc(-c2ccc(-n3c4c(-c5ccc6oc7ccccc7c6c5)cccc4c4cccc(-c5ccc6oc7ccccc7c6c5)c43)cc2)cc1. The van der Waals surface area contributed by atoms with Crippen molar-refractivity contribution < 1.29 is 8.83 Å². The van der Waals surface area contributed by atoms with E-state index in [4.69, 9.17) is 8.83 Å². The van der Waals surface area contributed by atoms with Gasteiger partial charge in [0.25, 0.3) is 0 Å². The maximum Gasteiger partial charge on any atom is 0.135 e. The van der Waals surface area contributed by atoms with Gasteiger partial charge in [0, 0.05) is 49.1 Å². The van der Waals surface area contributed by atoms with E-state index in [9.17, 15) is 0 Å². The smallest absolute Gasteiger partial charge is 0.135 e. The minimum Gasteiger partial charge on any atom is -0.456 e. The predicted molar refractivity (Wildman–Crippen MR) is 212 cm³/mol. The Balaban J connectivity index is 1.21. The number of hydrogen-bond donors (Lipinski definition) is 0. The zero-order chi connectivity index (χ0) is 33.5. The van der Waals surface area contributed by atoms with Crippen LogP contribution < -0.4 is 0 Å². The number of fused-ring (bicyclic) bond motifs is 9. The summed E-state index contributed by atoms with van der Waals surface area (Å²) in [4.78, 5) is 0. The Morgan fingerprint density at radius 2 is 0.725 bits per heavy atom. The van der Waals surface area contributed by atoms with Gasteiger partial charge < -0.3 is 13.4 Å². The van der Waals surface area contributed by atoms with E-state index in [0.717, 1.165) is 60.7 Å². The number of hydrogen-bond acceptors (Lipinski definition) is 2. The summed E-state index contributed by atoms with van der Waals surface area (Å²) in [5.41, 5.74) is 14.1. The minimum absolute atomic E-state index is 0.897. The van der Waals surface area contributed by atoms with Gasteiger partial charge in [0.15, 0.2) is 0 Å². The zero-order valence-corrected chi connectivity index (χ0v) is 27.5. The molecule has 3 heteroatoms. The van der Waals surface area contributed by atoms with Gasteiger partial charge in [0.1, 0.15) is 22.3 Å². The van der Waals surface area contributed by atoms with Crippen LogP contribution in [-0.2, 0) is 0 Å². The molecule has 238 valence electrons. The lowest BCUT2D eigenvalue weighted by Gasteiger charge is -2.15. The molecule has 0 aliphatic heterocycles. The van der Waals surface area contributed by atoms with E-state index in [1.807, 2.05) is 24.3 Å².